The highest BCUT2D eigenvalue weighted by atomic mass is 16.3. The molecular weight excluding hydrogens is 376 g/mol. The molecule has 5 heteroatoms. The third-order valence-corrected chi connectivity index (χ3v) is 5.84. The number of fused-ring (bicyclic) bond motifs is 1. The predicted molar refractivity (Wildman–Crippen MR) is 118 cm³/mol. The Labute approximate surface area is 176 Å². The number of hydrogen-bond acceptors (Lipinski definition) is 3. The number of aliphatic hydroxyl groups is 1. The fourth-order valence-electron chi connectivity index (χ4n) is 4.21. The molecule has 1 aromatic heterocycles. The van der Waals surface area contributed by atoms with Crippen molar-refractivity contribution in [2.45, 2.75) is 33.2 Å². The molecule has 0 saturated heterocycles. The van der Waals surface area contributed by atoms with E-state index in [1.54, 1.807) is 18.7 Å². The lowest BCUT2D eigenvalue weighted by molar-refractivity contribution is -0.119. The van der Waals surface area contributed by atoms with E-state index >= 15 is 0 Å². The minimum atomic E-state index is -0.675. The molecule has 4 rings (SSSR count). The Morgan fingerprint density at radius 3 is 2.40 bits per heavy atom. The first-order valence-electron chi connectivity index (χ1n) is 10.3. The molecule has 2 aromatic carbocycles. The Morgan fingerprint density at radius 1 is 1.10 bits per heavy atom. The zero-order valence-corrected chi connectivity index (χ0v) is 17.7. The molecule has 5 nitrogen and oxygen atoms in total. The number of carbonyl (C=O) groups excluding carboxylic acids is 2. The number of aliphatic hydroxyl groups excluding tert-OH is 1. The predicted octanol–water partition coefficient (Wildman–Crippen LogP) is 4.87. The second-order valence-corrected chi connectivity index (χ2v) is 8.09. The second kappa shape index (κ2) is 7.48. The molecule has 30 heavy (non-hydrogen) atoms. The maximum atomic E-state index is 13.2. The van der Waals surface area contributed by atoms with Gasteiger partial charge in [-0.05, 0) is 30.2 Å². The molecule has 0 fully saturated rings. The molecule has 2 heterocycles. The summed E-state index contributed by atoms with van der Waals surface area (Å²) in [5.41, 5.74) is 3.82. The number of nitrogens with zero attached hydrogens (tertiary/aromatic N) is 2. The van der Waals surface area contributed by atoms with Crippen LogP contribution in [0.1, 0.15) is 37.9 Å². The SMILES string of the molecule is CCc1ccc(N2C(=O)C(O)=C(C(=O)C(C)C)C2c2cn(C)c3ccccc23)cc1. The summed E-state index contributed by atoms with van der Waals surface area (Å²) in [6, 6.07) is 14.9. The van der Waals surface area contributed by atoms with Crippen molar-refractivity contribution in [1.82, 2.24) is 4.57 Å². The van der Waals surface area contributed by atoms with E-state index in [9.17, 15) is 14.7 Å². The standard InChI is InChI=1S/C25H26N2O3/c1-5-16-10-12-17(13-11-16)27-22(21(23(28)15(2)3)24(29)25(27)30)19-14-26(4)20-9-7-6-8-18(19)20/h6-15,22,29H,5H2,1-4H3. The van der Waals surface area contributed by atoms with Crippen LogP contribution in [0.4, 0.5) is 5.69 Å². The number of rotatable bonds is 5. The number of anilines is 1. The van der Waals surface area contributed by atoms with E-state index < -0.39 is 17.7 Å². The van der Waals surface area contributed by atoms with Crippen molar-refractivity contribution >= 4 is 28.3 Å². The molecule has 0 bridgehead atoms. The molecule has 1 unspecified atom stereocenters. The summed E-state index contributed by atoms with van der Waals surface area (Å²) in [7, 11) is 1.94. The topological polar surface area (TPSA) is 62.5 Å². The van der Waals surface area contributed by atoms with Crippen molar-refractivity contribution in [2.24, 2.45) is 13.0 Å². The van der Waals surface area contributed by atoms with Gasteiger partial charge in [-0.1, -0.05) is 51.1 Å². The number of aromatic nitrogens is 1. The molecule has 3 aromatic rings. The normalized spacial score (nSPS) is 16.9. The van der Waals surface area contributed by atoms with E-state index in [0.717, 1.165) is 28.5 Å². The van der Waals surface area contributed by atoms with Gasteiger partial charge in [0.15, 0.2) is 11.5 Å². The lowest BCUT2D eigenvalue weighted by Gasteiger charge is -2.27. The minimum absolute atomic E-state index is 0.172. The van der Waals surface area contributed by atoms with Gasteiger partial charge in [-0.2, -0.15) is 0 Å². The van der Waals surface area contributed by atoms with Crippen LogP contribution in [-0.2, 0) is 23.1 Å². The van der Waals surface area contributed by atoms with Crippen molar-refractivity contribution in [3.05, 3.63) is 77.2 Å². The van der Waals surface area contributed by atoms with Crippen molar-refractivity contribution < 1.29 is 14.7 Å². The number of para-hydroxylation sites is 1. The quantitative estimate of drug-likeness (QED) is 0.663. The van der Waals surface area contributed by atoms with Crippen LogP contribution in [0.15, 0.2) is 66.1 Å². The van der Waals surface area contributed by atoms with E-state index in [1.807, 2.05) is 66.3 Å². The van der Waals surface area contributed by atoms with Gasteiger partial charge in [0.1, 0.15) is 0 Å². The summed E-state index contributed by atoms with van der Waals surface area (Å²) < 4.78 is 1.99. The first kappa shape index (κ1) is 20.0. The Bertz CT molecular complexity index is 1170. The lowest BCUT2D eigenvalue weighted by atomic mass is 9.91. The van der Waals surface area contributed by atoms with Crippen LogP contribution in [0.2, 0.25) is 0 Å². The molecule has 1 aliphatic heterocycles. The van der Waals surface area contributed by atoms with Crippen LogP contribution in [-0.4, -0.2) is 21.4 Å². The fourth-order valence-corrected chi connectivity index (χ4v) is 4.21. The maximum Gasteiger partial charge on any atom is 0.294 e. The van der Waals surface area contributed by atoms with Crippen LogP contribution in [0, 0.1) is 5.92 Å². The number of Topliss-reactive ketones (excluding diaryl/α,β-unsaturated/α-hetero) is 1. The van der Waals surface area contributed by atoms with Gasteiger partial charge in [0.05, 0.1) is 11.6 Å². The van der Waals surface area contributed by atoms with Gasteiger partial charge in [-0.25, -0.2) is 0 Å². The first-order chi connectivity index (χ1) is 14.3. The zero-order chi connectivity index (χ0) is 21.6. The summed E-state index contributed by atoms with van der Waals surface area (Å²) in [4.78, 5) is 27.8. The lowest BCUT2D eigenvalue weighted by Crippen LogP contribution is -2.31. The summed E-state index contributed by atoms with van der Waals surface area (Å²) in [5.74, 6) is -1.55. The van der Waals surface area contributed by atoms with Crippen molar-refractivity contribution in [2.75, 3.05) is 4.90 Å². The Kier molecular flexibility index (Phi) is 4.98. The van der Waals surface area contributed by atoms with Crippen molar-refractivity contribution in [1.29, 1.82) is 0 Å². The Hall–Kier alpha value is -3.34. The minimum Gasteiger partial charge on any atom is -0.503 e. The molecule has 1 aliphatic rings. The van der Waals surface area contributed by atoms with E-state index in [0.29, 0.717) is 5.69 Å². The Balaban J connectivity index is 1.95. The van der Waals surface area contributed by atoms with E-state index in [4.69, 9.17) is 0 Å². The highest BCUT2D eigenvalue weighted by Crippen LogP contribution is 2.44. The number of aryl methyl sites for hydroxylation is 2. The molecule has 0 aliphatic carbocycles. The zero-order valence-electron chi connectivity index (χ0n) is 17.7. The van der Waals surface area contributed by atoms with E-state index in [2.05, 4.69) is 6.92 Å². The van der Waals surface area contributed by atoms with Crippen LogP contribution in [0.3, 0.4) is 0 Å². The second-order valence-electron chi connectivity index (χ2n) is 8.09. The third kappa shape index (κ3) is 3.02. The summed E-state index contributed by atoms with van der Waals surface area (Å²) in [6.07, 6.45) is 2.84. The molecule has 1 N–H and O–H groups in total. The maximum absolute atomic E-state index is 13.2. The van der Waals surface area contributed by atoms with E-state index in [1.165, 1.54) is 0 Å². The first-order valence-corrected chi connectivity index (χ1v) is 10.3. The van der Waals surface area contributed by atoms with Gasteiger partial charge in [-0.15, -0.1) is 0 Å². The van der Waals surface area contributed by atoms with Gasteiger partial charge >= 0.3 is 0 Å². The third-order valence-electron chi connectivity index (χ3n) is 5.84. The number of carbonyl (C=O) groups is 2. The van der Waals surface area contributed by atoms with Crippen molar-refractivity contribution in [3.8, 4) is 0 Å². The number of hydrogen-bond donors (Lipinski definition) is 1. The molecule has 1 amide bonds. The van der Waals surface area contributed by atoms with Crippen LogP contribution >= 0.6 is 0 Å². The van der Waals surface area contributed by atoms with Gasteiger partial charge in [0.25, 0.3) is 5.91 Å². The molecule has 1 atom stereocenters. The monoisotopic (exact) mass is 402 g/mol. The van der Waals surface area contributed by atoms with Gasteiger partial charge < -0.3 is 9.67 Å². The van der Waals surface area contributed by atoms with Crippen LogP contribution < -0.4 is 4.90 Å². The summed E-state index contributed by atoms with van der Waals surface area (Å²) in [5, 5.41) is 11.7. The highest BCUT2D eigenvalue weighted by molar-refractivity contribution is 6.17. The van der Waals surface area contributed by atoms with Crippen LogP contribution in [0.25, 0.3) is 10.9 Å². The largest absolute Gasteiger partial charge is 0.503 e. The highest BCUT2D eigenvalue weighted by Gasteiger charge is 2.45. The van der Waals surface area contributed by atoms with Crippen LogP contribution in [0.5, 0.6) is 0 Å². The number of ketones is 1. The summed E-state index contributed by atoms with van der Waals surface area (Å²) in [6.45, 7) is 5.64. The van der Waals surface area contributed by atoms with Gasteiger partial charge in [-0.3, -0.25) is 14.5 Å². The van der Waals surface area contributed by atoms with Gasteiger partial charge in [0, 0.05) is 41.3 Å². The number of amides is 1. The van der Waals surface area contributed by atoms with Crippen molar-refractivity contribution in [3.63, 3.8) is 0 Å². The fraction of sp³-hybridized carbons (Fsp3) is 0.280. The average Bonchev–Trinajstić information content (AvgIpc) is 3.22. The smallest absolute Gasteiger partial charge is 0.294 e. The summed E-state index contributed by atoms with van der Waals surface area (Å²) >= 11 is 0. The Morgan fingerprint density at radius 2 is 1.77 bits per heavy atom. The molecule has 0 spiro atoms. The molecule has 0 radical (unpaired) electrons. The number of benzene rings is 2. The van der Waals surface area contributed by atoms with E-state index in [-0.39, 0.29) is 17.3 Å². The molecule has 0 saturated carbocycles. The molecular formula is C25H26N2O3. The average molecular weight is 402 g/mol. The van der Waals surface area contributed by atoms with Gasteiger partial charge in [0.2, 0.25) is 0 Å². The molecule has 154 valence electrons.